The van der Waals surface area contributed by atoms with Crippen molar-refractivity contribution in [3.8, 4) is 0 Å². The molecule has 1 atom stereocenters. The van der Waals surface area contributed by atoms with Gasteiger partial charge in [0.15, 0.2) is 0 Å². The van der Waals surface area contributed by atoms with Gasteiger partial charge in [0, 0.05) is 24.6 Å². The van der Waals surface area contributed by atoms with Gasteiger partial charge in [0.2, 0.25) is 11.8 Å². The number of aromatic amines is 1. The maximum Gasteiger partial charge on any atom is 0.254 e. The van der Waals surface area contributed by atoms with Gasteiger partial charge in [-0.15, -0.1) is 0 Å². The molecule has 2 amide bonds. The number of aryl methyl sites for hydroxylation is 1. The molecule has 0 radical (unpaired) electrons. The van der Waals surface area contributed by atoms with Gasteiger partial charge < -0.3 is 14.8 Å². The van der Waals surface area contributed by atoms with Crippen LogP contribution in [0.4, 0.5) is 0 Å². The van der Waals surface area contributed by atoms with Crippen LogP contribution >= 0.6 is 0 Å². The fraction of sp³-hybridized carbons (Fsp3) is 0.520. The predicted molar refractivity (Wildman–Crippen MR) is 120 cm³/mol. The summed E-state index contributed by atoms with van der Waals surface area (Å²) in [5.41, 5.74) is 3.39. The quantitative estimate of drug-likeness (QED) is 0.802. The zero-order valence-corrected chi connectivity index (χ0v) is 18.6. The first kappa shape index (κ1) is 20.9. The van der Waals surface area contributed by atoms with Gasteiger partial charge in [0.1, 0.15) is 5.82 Å². The van der Waals surface area contributed by atoms with E-state index < -0.39 is 0 Å². The van der Waals surface area contributed by atoms with Crippen molar-refractivity contribution >= 4 is 11.8 Å². The van der Waals surface area contributed by atoms with Gasteiger partial charge in [0.25, 0.3) is 5.56 Å². The number of likely N-dealkylation sites (tertiary alicyclic amines) is 1. The largest absolute Gasteiger partial charge is 0.336 e. The number of hydrogen-bond donors (Lipinski definition) is 1. The first-order chi connectivity index (χ1) is 15.5. The summed E-state index contributed by atoms with van der Waals surface area (Å²) in [6.07, 6.45) is 5.55. The maximum atomic E-state index is 13.2. The Hall–Kier alpha value is -2.96. The summed E-state index contributed by atoms with van der Waals surface area (Å²) in [7, 11) is 0. The van der Waals surface area contributed by atoms with E-state index in [4.69, 9.17) is 4.98 Å². The highest BCUT2D eigenvalue weighted by Crippen LogP contribution is 2.33. The average Bonchev–Trinajstić information content (AvgIpc) is 3.63. The Bertz CT molecular complexity index is 1100. The van der Waals surface area contributed by atoms with Gasteiger partial charge in [-0.25, -0.2) is 4.98 Å². The molecule has 0 spiro atoms. The van der Waals surface area contributed by atoms with Crippen LogP contribution in [-0.4, -0.2) is 44.7 Å². The van der Waals surface area contributed by atoms with Gasteiger partial charge in [-0.2, -0.15) is 0 Å². The third-order valence-electron chi connectivity index (χ3n) is 6.91. The molecule has 168 valence electrons. The summed E-state index contributed by atoms with van der Waals surface area (Å²) < 4.78 is 0. The highest BCUT2D eigenvalue weighted by Gasteiger charge is 2.36. The molecule has 5 rings (SSSR count). The van der Waals surface area contributed by atoms with Gasteiger partial charge in [-0.05, 0) is 51.0 Å². The SMILES string of the molecule is Cc1cccc(CC(=O)N2CCCCC2c2nc3c(c(=O)[nH]2)CCN(C(=O)C2CC2)C3)c1. The van der Waals surface area contributed by atoms with Crippen molar-refractivity contribution in [2.24, 2.45) is 5.92 Å². The van der Waals surface area contributed by atoms with E-state index in [-0.39, 0.29) is 29.3 Å². The highest BCUT2D eigenvalue weighted by atomic mass is 16.2. The molecular weight excluding hydrogens is 404 g/mol. The molecule has 0 bridgehead atoms. The summed E-state index contributed by atoms with van der Waals surface area (Å²) in [6.45, 7) is 3.67. The zero-order valence-electron chi connectivity index (χ0n) is 18.6. The standard InChI is InChI=1S/C25H30N4O3/c1-16-5-4-6-17(13-16)14-22(30)29-11-3-2-7-21(29)23-26-20-15-28(25(32)18-8-9-18)12-10-19(20)24(31)27-23/h4-6,13,18,21H,2-3,7-12,14-15H2,1H3,(H,26,27,31). The number of fused-ring (bicyclic) bond motifs is 1. The van der Waals surface area contributed by atoms with Crippen molar-refractivity contribution in [1.82, 2.24) is 19.8 Å². The molecule has 1 saturated heterocycles. The fourth-order valence-electron chi connectivity index (χ4n) is 5.01. The topological polar surface area (TPSA) is 86.4 Å². The number of hydrogen-bond acceptors (Lipinski definition) is 4. The molecule has 1 aromatic carbocycles. The maximum absolute atomic E-state index is 13.2. The summed E-state index contributed by atoms with van der Waals surface area (Å²) in [5.74, 6) is 0.968. The van der Waals surface area contributed by atoms with Crippen LogP contribution in [0.25, 0.3) is 0 Å². The molecule has 1 unspecified atom stereocenters. The number of H-pyrrole nitrogens is 1. The van der Waals surface area contributed by atoms with Crippen LogP contribution in [0.1, 0.15) is 66.4 Å². The second kappa shape index (κ2) is 8.52. The number of amides is 2. The van der Waals surface area contributed by atoms with Gasteiger partial charge >= 0.3 is 0 Å². The van der Waals surface area contributed by atoms with Crippen LogP contribution in [0, 0.1) is 12.8 Å². The van der Waals surface area contributed by atoms with Gasteiger partial charge in [-0.3, -0.25) is 14.4 Å². The number of carbonyl (C=O) groups is 2. The molecule has 1 saturated carbocycles. The molecule has 2 aliphatic heterocycles. The van der Waals surface area contributed by atoms with Crippen molar-refractivity contribution in [3.05, 3.63) is 62.8 Å². The summed E-state index contributed by atoms with van der Waals surface area (Å²) in [5, 5.41) is 0. The molecule has 1 aromatic heterocycles. The molecule has 3 aliphatic rings. The Morgan fingerprint density at radius 1 is 1.16 bits per heavy atom. The van der Waals surface area contributed by atoms with E-state index in [9.17, 15) is 14.4 Å². The van der Waals surface area contributed by atoms with Crippen molar-refractivity contribution < 1.29 is 9.59 Å². The first-order valence-corrected chi connectivity index (χ1v) is 11.8. The van der Waals surface area contributed by atoms with E-state index in [0.29, 0.717) is 49.6 Å². The minimum absolute atomic E-state index is 0.0613. The van der Waals surface area contributed by atoms with Gasteiger partial charge in [-0.1, -0.05) is 29.8 Å². The Morgan fingerprint density at radius 2 is 2.00 bits per heavy atom. The van der Waals surface area contributed by atoms with Crippen molar-refractivity contribution in [2.75, 3.05) is 13.1 Å². The van der Waals surface area contributed by atoms with Crippen LogP contribution in [0.2, 0.25) is 0 Å². The Balaban J connectivity index is 1.39. The van der Waals surface area contributed by atoms with Crippen LogP contribution in [0.15, 0.2) is 29.1 Å². The molecule has 1 aliphatic carbocycles. The average molecular weight is 435 g/mol. The lowest BCUT2D eigenvalue weighted by molar-refractivity contribution is -0.134. The fourth-order valence-corrected chi connectivity index (χ4v) is 5.01. The number of carbonyl (C=O) groups excluding carboxylic acids is 2. The van der Waals surface area contributed by atoms with Crippen molar-refractivity contribution in [2.45, 2.75) is 64.5 Å². The van der Waals surface area contributed by atoms with E-state index in [0.717, 1.165) is 43.2 Å². The highest BCUT2D eigenvalue weighted by molar-refractivity contribution is 5.81. The van der Waals surface area contributed by atoms with Crippen molar-refractivity contribution in [1.29, 1.82) is 0 Å². The first-order valence-electron chi connectivity index (χ1n) is 11.8. The second-order valence-electron chi connectivity index (χ2n) is 9.43. The van der Waals surface area contributed by atoms with E-state index in [1.165, 1.54) is 0 Å². The minimum Gasteiger partial charge on any atom is -0.336 e. The monoisotopic (exact) mass is 434 g/mol. The predicted octanol–water partition coefficient (Wildman–Crippen LogP) is 2.67. The zero-order chi connectivity index (χ0) is 22.2. The smallest absolute Gasteiger partial charge is 0.254 e. The molecule has 3 heterocycles. The summed E-state index contributed by atoms with van der Waals surface area (Å²) >= 11 is 0. The molecule has 2 aromatic rings. The number of rotatable bonds is 4. The Labute approximate surface area is 187 Å². The molecule has 7 heteroatoms. The second-order valence-corrected chi connectivity index (χ2v) is 9.43. The third kappa shape index (κ3) is 4.20. The van der Waals surface area contributed by atoms with Gasteiger partial charge in [0.05, 0.1) is 24.7 Å². The number of piperidine rings is 1. The van der Waals surface area contributed by atoms with E-state index >= 15 is 0 Å². The van der Waals surface area contributed by atoms with Crippen LogP contribution in [0.3, 0.4) is 0 Å². The minimum atomic E-state index is -0.228. The Morgan fingerprint density at radius 3 is 2.78 bits per heavy atom. The van der Waals surface area contributed by atoms with E-state index in [1.807, 2.05) is 41.0 Å². The van der Waals surface area contributed by atoms with E-state index in [1.54, 1.807) is 0 Å². The normalized spacial score (nSPS) is 20.7. The molecule has 32 heavy (non-hydrogen) atoms. The number of benzene rings is 1. The van der Waals surface area contributed by atoms with E-state index in [2.05, 4.69) is 4.98 Å². The number of aromatic nitrogens is 2. The lowest BCUT2D eigenvalue weighted by Gasteiger charge is -2.36. The number of nitrogens with zero attached hydrogens (tertiary/aromatic N) is 3. The molecule has 7 nitrogen and oxygen atoms in total. The molecule has 1 N–H and O–H groups in total. The molecule has 2 fully saturated rings. The Kier molecular flexibility index (Phi) is 5.57. The number of nitrogens with one attached hydrogen (secondary N) is 1. The van der Waals surface area contributed by atoms with Crippen LogP contribution in [0.5, 0.6) is 0 Å². The van der Waals surface area contributed by atoms with Crippen LogP contribution in [-0.2, 0) is 29.0 Å². The summed E-state index contributed by atoms with van der Waals surface area (Å²) in [4.78, 5) is 50.1. The lowest BCUT2D eigenvalue weighted by atomic mass is 9.98. The summed E-state index contributed by atoms with van der Waals surface area (Å²) in [6, 6.07) is 7.79. The third-order valence-corrected chi connectivity index (χ3v) is 6.91. The van der Waals surface area contributed by atoms with Crippen molar-refractivity contribution in [3.63, 3.8) is 0 Å². The lowest BCUT2D eigenvalue weighted by Crippen LogP contribution is -2.43. The molecular formula is C25H30N4O3. The van der Waals surface area contributed by atoms with Crippen LogP contribution < -0.4 is 5.56 Å².